The number of benzene rings is 1. The second-order valence-corrected chi connectivity index (χ2v) is 7.73. The number of carbonyl (C=O) groups excluding carboxylic acids is 2. The number of aryl methyl sites for hydroxylation is 1. The molecule has 2 aromatic rings. The highest BCUT2D eigenvalue weighted by Gasteiger charge is 2.20. The van der Waals surface area contributed by atoms with Gasteiger partial charge in [-0.3, -0.25) is 9.59 Å². The lowest BCUT2D eigenvalue weighted by atomic mass is 10.1. The zero-order valence-corrected chi connectivity index (χ0v) is 16.9. The van der Waals surface area contributed by atoms with Crippen LogP contribution in [0.25, 0.3) is 0 Å². The summed E-state index contributed by atoms with van der Waals surface area (Å²) in [5, 5.41) is 3.43. The van der Waals surface area contributed by atoms with Crippen LogP contribution in [0, 0.1) is 13.8 Å². The van der Waals surface area contributed by atoms with E-state index in [-0.39, 0.29) is 16.9 Å². The fraction of sp³-hybridized carbons (Fsp3) is 0.450. The number of Topliss-reactive ketones (excluding diaryl/α,β-unsaturated/α-hetero) is 1. The van der Waals surface area contributed by atoms with Gasteiger partial charge in [-0.1, -0.05) is 37.2 Å². The number of carbonyl (C=O) groups is 2. The van der Waals surface area contributed by atoms with Crippen molar-refractivity contribution in [2.24, 2.45) is 0 Å². The molecule has 140 valence electrons. The number of imidazole rings is 1. The van der Waals surface area contributed by atoms with Gasteiger partial charge in [-0.05, 0) is 46.2 Å². The first-order chi connectivity index (χ1) is 12.3. The van der Waals surface area contributed by atoms with E-state index in [2.05, 4.69) is 28.7 Å². The van der Waals surface area contributed by atoms with Gasteiger partial charge >= 0.3 is 0 Å². The lowest BCUT2D eigenvalue weighted by Crippen LogP contribution is -2.24. The van der Waals surface area contributed by atoms with Crippen molar-refractivity contribution in [3.8, 4) is 0 Å². The molecule has 6 heteroatoms. The molecular formula is C20H27N3O2S. The molecule has 26 heavy (non-hydrogen) atoms. The Morgan fingerprint density at radius 2 is 1.96 bits per heavy atom. The van der Waals surface area contributed by atoms with Crippen molar-refractivity contribution in [3.05, 3.63) is 41.2 Å². The molecule has 1 aromatic carbocycles. The summed E-state index contributed by atoms with van der Waals surface area (Å²) in [7, 11) is 0. The number of thioether (sulfide) groups is 1. The van der Waals surface area contributed by atoms with Crippen LogP contribution in [0.15, 0.2) is 29.4 Å². The van der Waals surface area contributed by atoms with Crippen LogP contribution in [0.5, 0.6) is 0 Å². The largest absolute Gasteiger partial charge is 0.324 e. The van der Waals surface area contributed by atoms with Gasteiger partial charge in [0.1, 0.15) is 0 Å². The number of anilines is 1. The number of hydrogen-bond acceptors (Lipinski definition) is 4. The first-order valence-electron chi connectivity index (χ1n) is 8.96. The van der Waals surface area contributed by atoms with Gasteiger partial charge in [0.2, 0.25) is 5.91 Å². The summed E-state index contributed by atoms with van der Waals surface area (Å²) in [6.45, 7) is 10.5. The quantitative estimate of drug-likeness (QED) is 0.541. The highest BCUT2D eigenvalue weighted by atomic mass is 32.2. The van der Waals surface area contributed by atoms with Crippen LogP contribution in [0.4, 0.5) is 5.69 Å². The predicted molar refractivity (Wildman–Crippen MR) is 107 cm³/mol. The van der Waals surface area contributed by atoms with E-state index in [1.54, 1.807) is 18.2 Å². The number of rotatable bonds is 8. The Bertz CT molecular complexity index is 798. The lowest BCUT2D eigenvalue weighted by molar-refractivity contribution is -0.115. The third-order valence-electron chi connectivity index (χ3n) is 4.37. The van der Waals surface area contributed by atoms with E-state index in [1.165, 1.54) is 18.7 Å². The molecule has 1 heterocycles. The number of para-hydroxylation sites is 1. The molecule has 1 N–H and O–H groups in total. The third kappa shape index (κ3) is 4.75. The van der Waals surface area contributed by atoms with Crippen LogP contribution in [-0.2, 0) is 11.3 Å². The Morgan fingerprint density at radius 3 is 2.62 bits per heavy atom. The number of amides is 1. The molecule has 0 saturated heterocycles. The van der Waals surface area contributed by atoms with Gasteiger partial charge in [0.15, 0.2) is 10.9 Å². The van der Waals surface area contributed by atoms with Crippen molar-refractivity contribution in [2.45, 2.75) is 64.4 Å². The molecule has 0 saturated carbocycles. The molecule has 1 unspecified atom stereocenters. The van der Waals surface area contributed by atoms with Crippen LogP contribution >= 0.6 is 11.8 Å². The van der Waals surface area contributed by atoms with Gasteiger partial charge in [0.25, 0.3) is 0 Å². The molecule has 0 fully saturated rings. The molecule has 0 aliphatic heterocycles. The van der Waals surface area contributed by atoms with Gasteiger partial charge in [-0.15, -0.1) is 0 Å². The van der Waals surface area contributed by atoms with Crippen molar-refractivity contribution in [3.63, 3.8) is 0 Å². The molecule has 0 spiro atoms. The molecule has 1 amide bonds. The summed E-state index contributed by atoms with van der Waals surface area (Å²) in [4.78, 5) is 29.0. The molecule has 2 rings (SSSR count). The number of ketones is 1. The van der Waals surface area contributed by atoms with E-state index < -0.39 is 0 Å². The molecule has 5 nitrogen and oxygen atoms in total. The second kappa shape index (κ2) is 9.03. The van der Waals surface area contributed by atoms with Gasteiger partial charge in [0, 0.05) is 17.8 Å². The van der Waals surface area contributed by atoms with E-state index in [1.807, 2.05) is 19.9 Å². The SMILES string of the molecule is CCCCn1c(SC(C)C(=O)Nc2ccccc2C(C)=O)nc(C)c1C. The maximum absolute atomic E-state index is 12.6. The van der Waals surface area contributed by atoms with E-state index >= 15 is 0 Å². The predicted octanol–water partition coefficient (Wildman–Crippen LogP) is 4.62. The average molecular weight is 374 g/mol. The highest BCUT2D eigenvalue weighted by molar-refractivity contribution is 8.00. The van der Waals surface area contributed by atoms with Crippen LogP contribution in [0.1, 0.15) is 55.4 Å². The molecular weight excluding hydrogens is 346 g/mol. The Balaban J connectivity index is 2.13. The number of unbranched alkanes of at least 4 members (excludes halogenated alkanes) is 1. The van der Waals surface area contributed by atoms with E-state index in [4.69, 9.17) is 0 Å². The smallest absolute Gasteiger partial charge is 0.237 e. The summed E-state index contributed by atoms with van der Waals surface area (Å²) in [5.41, 5.74) is 3.22. The molecule has 1 aromatic heterocycles. The second-order valence-electron chi connectivity index (χ2n) is 6.42. The zero-order valence-electron chi connectivity index (χ0n) is 16.1. The summed E-state index contributed by atoms with van der Waals surface area (Å²) in [5.74, 6) is -0.202. The number of nitrogens with one attached hydrogen (secondary N) is 1. The minimum atomic E-state index is -0.323. The van der Waals surface area contributed by atoms with E-state index in [0.29, 0.717) is 11.3 Å². The van der Waals surface area contributed by atoms with Crippen molar-refractivity contribution >= 4 is 29.1 Å². The summed E-state index contributed by atoms with van der Waals surface area (Å²) in [6.07, 6.45) is 2.19. The van der Waals surface area contributed by atoms with Gasteiger partial charge in [-0.2, -0.15) is 0 Å². The normalized spacial score (nSPS) is 12.0. The van der Waals surface area contributed by atoms with E-state index in [9.17, 15) is 9.59 Å². The molecule has 0 radical (unpaired) electrons. The highest BCUT2D eigenvalue weighted by Crippen LogP contribution is 2.27. The van der Waals surface area contributed by atoms with Crippen LogP contribution < -0.4 is 5.32 Å². The maximum Gasteiger partial charge on any atom is 0.237 e. The van der Waals surface area contributed by atoms with Crippen LogP contribution in [0.2, 0.25) is 0 Å². The van der Waals surface area contributed by atoms with Crippen molar-refractivity contribution in [1.29, 1.82) is 0 Å². The third-order valence-corrected chi connectivity index (χ3v) is 5.46. The van der Waals surface area contributed by atoms with Gasteiger partial charge < -0.3 is 9.88 Å². The maximum atomic E-state index is 12.6. The first-order valence-corrected chi connectivity index (χ1v) is 9.84. The summed E-state index contributed by atoms with van der Waals surface area (Å²) < 4.78 is 2.19. The molecule has 0 aliphatic carbocycles. The van der Waals surface area contributed by atoms with Gasteiger partial charge in [-0.25, -0.2) is 4.98 Å². The standard InChI is InChI=1S/C20H27N3O2S/c1-6-7-12-23-14(3)13(2)21-20(23)26-16(5)19(25)22-18-11-9-8-10-17(18)15(4)24/h8-11,16H,6-7,12H2,1-5H3,(H,22,25). The minimum Gasteiger partial charge on any atom is -0.324 e. The molecule has 0 bridgehead atoms. The number of aromatic nitrogens is 2. The van der Waals surface area contributed by atoms with Crippen LogP contribution in [0.3, 0.4) is 0 Å². The fourth-order valence-electron chi connectivity index (χ4n) is 2.64. The minimum absolute atomic E-state index is 0.0671. The topological polar surface area (TPSA) is 64.0 Å². The Morgan fingerprint density at radius 1 is 1.27 bits per heavy atom. The van der Waals surface area contributed by atoms with Crippen molar-refractivity contribution < 1.29 is 9.59 Å². The lowest BCUT2D eigenvalue weighted by Gasteiger charge is -2.15. The van der Waals surface area contributed by atoms with Crippen molar-refractivity contribution in [1.82, 2.24) is 9.55 Å². The Labute approximate surface area is 159 Å². The average Bonchev–Trinajstić information content (AvgIpc) is 2.86. The number of nitrogens with zero attached hydrogens (tertiary/aromatic N) is 2. The van der Waals surface area contributed by atoms with Crippen LogP contribution in [-0.4, -0.2) is 26.5 Å². The van der Waals surface area contributed by atoms with E-state index in [0.717, 1.165) is 35.9 Å². The monoisotopic (exact) mass is 373 g/mol. The first kappa shape index (κ1) is 20.2. The Kier molecular flexibility index (Phi) is 7.03. The zero-order chi connectivity index (χ0) is 19.3. The summed E-state index contributed by atoms with van der Waals surface area (Å²) in [6, 6.07) is 7.08. The molecule has 0 aliphatic rings. The fourth-order valence-corrected chi connectivity index (χ4v) is 3.67. The van der Waals surface area contributed by atoms with Gasteiger partial charge in [0.05, 0.1) is 16.6 Å². The van der Waals surface area contributed by atoms with Crippen molar-refractivity contribution in [2.75, 3.05) is 5.32 Å². The number of hydrogen-bond donors (Lipinski definition) is 1. The molecule has 1 atom stereocenters. The Hall–Kier alpha value is -2.08. The summed E-state index contributed by atoms with van der Waals surface area (Å²) >= 11 is 1.45.